The van der Waals surface area contributed by atoms with Gasteiger partial charge in [-0.3, -0.25) is 19.8 Å². The van der Waals surface area contributed by atoms with E-state index in [4.69, 9.17) is 0 Å². The Bertz CT molecular complexity index is 713. The minimum Gasteiger partial charge on any atom is -0.337 e. The van der Waals surface area contributed by atoms with E-state index in [1.807, 2.05) is 31.2 Å². The summed E-state index contributed by atoms with van der Waals surface area (Å²) < 4.78 is 0. The summed E-state index contributed by atoms with van der Waals surface area (Å²) in [5.74, 6) is -0.663. The molecule has 2 rings (SSSR count). The summed E-state index contributed by atoms with van der Waals surface area (Å²) >= 11 is 0. The molecule has 7 heteroatoms. The Balaban J connectivity index is 1.62. The van der Waals surface area contributed by atoms with Gasteiger partial charge in [-0.2, -0.15) is 0 Å². The molecule has 0 spiro atoms. The molecule has 0 heterocycles. The second kappa shape index (κ2) is 11.2. The largest absolute Gasteiger partial charge is 0.337 e. The van der Waals surface area contributed by atoms with Crippen LogP contribution in [-0.2, 0) is 9.59 Å². The van der Waals surface area contributed by atoms with Gasteiger partial charge >= 0.3 is 6.03 Å². The number of amides is 4. The van der Waals surface area contributed by atoms with Gasteiger partial charge in [-0.15, -0.1) is 0 Å². The van der Waals surface area contributed by atoms with Gasteiger partial charge in [0.1, 0.15) is 0 Å². The lowest BCUT2D eigenvalue weighted by molar-refractivity contribution is -0.122. The molecule has 0 bridgehead atoms. The molecule has 0 aromatic heterocycles. The fourth-order valence-electron chi connectivity index (χ4n) is 3.06. The number of carbonyl (C=O) groups is 3. The third-order valence-corrected chi connectivity index (χ3v) is 4.53. The predicted molar refractivity (Wildman–Crippen MR) is 110 cm³/mol. The first-order chi connectivity index (χ1) is 13.4. The van der Waals surface area contributed by atoms with E-state index in [2.05, 4.69) is 22.0 Å². The smallest absolute Gasteiger partial charge is 0.321 e. The van der Waals surface area contributed by atoms with Crippen LogP contribution in [0, 0.1) is 6.92 Å². The highest BCUT2D eigenvalue weighted by atomic mass is 16.2. The molecule has 1 aromatic rings. The summed E-state index contributed by atoms with van der Waals surface area (Å²) in [7, 11) is 1.65. The van der Waals surface area contributed by atoms with Crippen LogP contribution in [0.15, 0.2) is 35.9 Å². The minimum absolute atomic E-state index is 0.0418. The molecule has 0 fully saturated rings. The Morgan fingerprint density at radius 1 is 1.04 bits per heavy atom. The summed E-state index contributed by atoms with van der Waals surface area (Å²) in [5.41, 5.74) is 3.19. The lowest BCUT2D eigenvalue weighted by Gasteiger charge is -2.16. The van der Waals surface area contributed by atoms with E-state index in [0.717, 1.165) is 24.8 Å². The maximum Gasteiger partial charge on any atom is 0.321 e. The zero-order valence-electron chi connectivity index (χ0n) is 16.7. The number of carbonyl (C=O) groups excluding carboxylic acids is 3. The van der Waals surface area contributed by atoms with Crippen molar-refractivity contribution in [3.63, 3.8) is 0 Å². The van der Waals surface area contributed by atoms with Crippen LogP contribution in [0.3, 0.4) is 0 Å². The van der Waals surface area contributed by atoms with Crippen LogP contribution in [0.4, 0.5) is 10.5 Å². The van der Waals surface area contributed by atoms with Crippen LogP contribution < -0.4 is 16.0 Å². The molecule has 1 aliphatic rings. The van der Waals surface area contributed by atoms with E-state index < -0.39 is 11.9 Å². The average molecular weight is 386 g/mol. The molecule has 0 atom stereocenters. The molecule has 28 heavy (non-hydrogen) atoms. The first kappa shape index (κ1) is 21.6. The van der Waals surface area contributed by atoms with Crippen LogP contribution in [0.2, 0.25) is 0 Å². The van der Waals surface area contributed by atoms with Crippen molar-refractivity contribution in [1.29, 1.82) is 0 Å². The number of hydrogen-bond donors (Lipinski definition) is 3. The molecule has 0 saturated carbocycles. The number of likely N-dealkylation sites (N-methyl/N-ethyl adjacent to an activating group) is 1. The fraction of sp³-hybridized carbons (Fsp3) is 0.476. The maximum atomic E-state index is 12.0. The number of rotatable bonds is 8. The number of aryl methyl sites for hydroxylation is 1. The van der Waals surface area contributed by atoms with Gasteiger partial charge in [0.2, 0.25) is 11.8 Å². The number of nitrogens with zero attached hydrogens (tertiary/aromatic N) is 1. The zero-order chi connectivity index (χ0) is 20.4. The van der Waals surface area contributed by atoms with Gasteiger partial charge in [0.05, 0.1) is 13.1 Å². The van der Waals surface area contributed by atoms with Gasteiger partial charge in [0.15, 0.2) is 0 Å². The molecular formula is C21H30N4O3. The van der Waals surface area contributed by atoms with Gasteiger partial charge in [0.25, 0.3) is 0 Å². The predicted octanol–water partition coefficient (Wildman–Crippen LogP) is 2.58. The molecule has 152 valence electrons. The summed E-state index contributed by atoms with van der Waals surface area (Å²) in [6, 6.07) is 6.98. The molecule has 1 aliphatic carbocycles. The third kappa shape index (κ3) is 8.35. The number of allylic oxidation sites excluding steroid dienone is 1. The van der Waals surface area contributed by atoms with Gasteiger partial charge in [-0.1, -0.05) is 29.3 Å². The van der Waals surface area contributed by atoms with Crippen LogP contribution >= 0.6 is 0 Å². The SMILES string of the molecule is Cc1ccc(NC(=O)CN(C)CC(=O)NC(=O)NCCC2=CCCCC2)cc1. The van der Waals surface area contributed by atoms with Crippen molar-refractivity contribution >= 4 is 23.5 Å². The number of urea groups is 1. The quantitative estimate of drug-likeness (QED) is 0.599. The Morgan fingerprint density at radius 2 is 1.75 bits per heavy atom. The number of hydrogen-bond acceptors (Lipinski definition) is 4. The summed E-state index contributed by atoms with van der Waals surface area (Å²) in [5, 5.41) is 7.77. The zero-order valence-corrected chi connectivity index (χ0v) is 16.7. The van der Waals surface area contributed by atoms with Crippen LogP contribution in [-0.4, -0.2) is 49.4 Å². The first-order valence-corrected chi connectivity index (χ1v) is 9.73. The minimum atomic E-state index is -0.501. The molecule has 0 unspecified atom stereocenters. The number of imide groups is 1. The standard InChI is InChI=1S/C21H30N4O3/c1-16-8-10-18(11-9-16)23-19(26)14-25(2)15-20(27)24-21(28)22-13-12-17-6-4-3-5-7-17/h6,8-11H,3-5,7,12-15H2,1-2H3,(H,23,26)(H2,22,24,27,28). The van der Waals surface area contributed by atoms with Crippen LogP contribution in [0.5, 0.6) is 0 Å². The Hall–Kier alpha value is -2.67. The summed E-state index contributed by atoms with van der Waals surface area (Å²) in [6.45, 7) is 2.50. The molecule has 4 amide bonds. The number of nitrogens with one attached hydrogen (secondary N) is 3. The highest BCUT2D eigenvalue weighted by Crippen LogP contribution is 2.19. The van der Waals surface area contributed by atoms with E-state index in [0.29, 0.717) is 12.2 Å². The second-order valence-electron chi connectivity index (χ2n) is 7.25. The van der Waals surface area contributed by atoms with Gasteiger partial charge in [-0.25, -0.2) is 4.79 Å². The van der Waals surface area contributed by atoms with Crippen molar-refractivity contribution in [2.75, 3.05) is 32.0 Å². The Kier molecular flexibility index (Phi) is 8.68. The highest BCUT2D eigenvalue weighted by Gasteiger charge is 2.13. The average Bonchev–Trinajstić information content (AvgIpc) is 2.64. The topological polar surface area (TPSA) is 90.5 Å². The Labute approximate surface area is 166 Å². The van der Waals surface area contributed by atoms with Crippen molar-refractivity contribution < 1.29 is 14.4 Å². The maximum absolute atomic E-state index is 12.0. The van der Waals surface area contributed by atoms with Crippen molar-refractivity contribution in [2.24, 2.45) is 0 Å². The van der Waals surface area contributed by atoms with Crippen molar-refractivity contribution in [3.05, 3.63) is 41.5 Å². The van der Waals surface area contributed by atoms with Crippen LogP contribution in [0.25, 0.3) is 0 Å². The lowest BCUT2D eigenvalue weighted by Crippen LogP contribution is -2.45. The van der Waals surface area contributed by atoms with Crippen LogP contribution in [0.1, 0.15) is 37.7 Å². The van der Waals surface area contributed by atoms with Crippen molar-refractivity contribution in [1.82, 2.24) is 15.5 Å². The molecule has 0 saturated heterocycles. The molecule has 0 radical (unpaired) electrons. The summed E-state index contributed by atoms with van der Waals surface area (Å²) in [4.78, 5) is 37.3. The number of anilines is 1. The van der Waals surface area contributed by atoms with E-state index in [1.165, 1.54) is 18.4 Å². The van der Waals surface area contributed by atoms with E-state index in [1.54, 1.807) is 11.9 Å². The second-order valence-corrected chi connectivity index (χ2v) is 7.25. The van der Waals surface area contributed by atoms with E-state index in [-0.39, 0.29) is 19.0 Å². The van der Waals surface area contributed by atoms with Gasteiger partial charge < -0.3 is 10.6 Å². The number of benzene rings is 1. The fourth-order valence-corrected chi connectivity index (χ4v) is 3.06. The first-order valence-electron chi connectivity index (χ1n) is 9.73. The monoisotopic (exact) mass is 386 g/mol. The van der Waals surface area contributed by atoms with Crippen molar-refractivity contribution in [2.45, 2.75) is 39.0 Å². The third-order valence-electron chi connectivity index (χ3n) is 4.53. The molecule has 1 aromatic carbocycles. The molecule has 0 aliphatic heterocycles. The van der Waals surface area contributed by atoms with Gasteiger partial charge in [-0.05, 0) is 58.2 Å². The highest BCUT2D eigenvalue weighted by molar-refractivity contribution is 5.96. The normalized spacial score (nSPS) is 13.6. The Morgan fingerprint density at radius 3 is 2.43 bits per heavy atom. The van der Waals surface area contributed by atoms with E-state index in [9.17, 15) is 14.4 Å². The van der Waals surface area contributed by atoms with Crippen molar-refractivity contribution in [3.8, 4) is 0 Å². The van der Waals surface area contributed by atoms with E-state index >= 15 is 0 Å². The molecular weight excluding hydrogens is 356 g/mol. The summed E-state index contributed by atoms with van der Waals surface area (Å²) in [6.07, 6.45) is 7.72. The van der Waals surface area contributed by atoms with Gasteiger partial charge in [0, 0.05) is 12.2 Å². The lowest BCUT2D eigenvalue weighted by atomic mass is 9.97. The molecule has 7 nitrogen and oxygen atoms in total. The molecule has 3 N–H and O–H groups in total.